The number of rotatable bonds is 6. The largest absolute Gasteiger partial charge is 0.378 e. The zero-order valence-corrected chi connectivity index (χ0v) is 11.4. The first-order valence-corrected chi connectivity index (χ1v) is 6.74. The summed E-state index contributed by atoms with van der Waals surface area (Å²) < 4.78 is 5.67. The van der Waals surface area contributed by atoms with Gasteiger partial charge < -0.3 is 4.74 Å². The number of hydrogen-bond donors (Lipinski definition) is 2. The average Bonchev–Trinajstić information content (AvgIpc) is 2.32. The molecule has 1 fully saturated rings. The molecule has 0 saturated heterocycles. The predicted octanol–water partition coefficient (Wildman–Crippen LogP) is 2.33. The lowest BCUT2D eigenvalue weighted by molar-refractivity contribution is -0.0834. The first-order valence-electron chi connectivity index (χ1n) is 6.74. The molecule has 18 heavy (non-hydrogen) atoms. The van der Waals surface area contributed by atoms with Crippen molar-refractivity contribution < 1.29 is 4.74 Å². The molecule has 1 atom stereocenters. The fraction of sp³-hybridized carbons (Fsp3) is 0.600. The zero-order valence-electron chi connectivity index (χ0n) is 11.4. The summed E-state index contributed by atoms with van der Waals surface area (Å²) in [6, 6.07) is 8.90. The minimum absolute atomic E-state index is 0.0703. The highest BCUT2D eigenvalue weighted by Gasteiger charge is 2.38. The molecule has 0 aliphatic heterocycles. The molecular weight excluding hydrogens is 224 g/mol. The van der Waals surface area contributed by atoms with E-state index in [1.807, 2.05) is 7.11 Å². The summed E-state index contributed by atoms with van der Waals surface area (Å²) in [4.78, 5) is 0. The van der Waals surface area contributed by atoms with E-state index in [9.17, 15) is 0 Å². The number of benzene rings is 1. The maximum Gasteiger partial charge on any atom is 0.0694 e. The van der Waals surface area contributed by atoms with Crippen LogP contribution in [0, 0.1) is 6.92 Å². The molecule has 1 unspecified atom stereocenters. The van der Waals surface area contributed by atoms with E-state index in [2.05, 4.69) is 36.6 Å². The van der Waals surface area contributed by atoms with Crippen LogP contribution in [0.25, 0.3) is 0 Å². The maximum atomic E-state index is 5.69. The van der Waals surface area contributed by atoms with Gasteiger partial charge in [-0.2, -0.15) is 0 Å². The van der Waals surface area contributed by atoms with Crippen molar-refractivity contribution >= 4 is 0 Å². The standard InChI is InChI=1S/C15H24N2O/c1-12-5-3-6-13(9-12)10-14(17-16)11-15(18-2)7-4-8-15/h3,5-6,9,14,17H,4,7-8,10-11,16H2,1-2H3. The summed E-state index contributed by atoms with van der Waals surface area (Å²) in [7, 11) is 1.82. The average molecular weight is 248 g/mol. The van der Waals surface area contributed by atoms with Crippen molar-refractivity contribution in [3.8, 4) is 0 Å². The second kappa shape index (κ2) is 5.83. The summed E-state index contributed by atoms with van der Waals surface area (Å²) in [5.74, 6) is 5.69. The van der Waals surface area contributed by atoms with Gasteiger partial charge in [-0.25, -0.2) is 0 Å². The number of hydrogen-bond acceptors (Lipinski definition) is 3. The van der Waals surface area contributed by atoms with Gasteiger partial charge in [0.1, 0.15) is 0 Å². The molecule has 0 aromatic heterocycles. The molecule has 0 heterocycles. The van der Waals surface area contributed by atoms with E-state index in [0.717, 1.165) is 25.7 Å². The Morgan fingerprint density at radius 1 is 1.44 bits per heavy atom. The predicted molar refractivity (Wildman–Crippen MR) is 74.2 cm³/mol. The lowest BCUT2D eigenvalue weighted by Crippen LogP contribution is -2.48. The van der Waals surface area contributed by atoms with Gasteiger partial charge in [0, 0.05) is 13.2 Å². The normalized spacial score (nSPS) is 19.3. The van der Waals surface area contributed by atoms with Crippen molar-refractivity contribution in [2.45, 2.75) is 50.7 Å². The van der Waals surface area contributed by atoms with Gasteiger partial charge in [-0.05, 0) is 44.6 Å². The van der Waals surface area contributed by atoms with Crippen LogP contribution in [0.1, 0.15) is 36.8 Å². The third-order valence-corrected chi connectivity index (χ3v) is 4.12. The molecule has 0 spiro atoms. The lowest BCUT2D eigenvalue weighted by Gasteiger charge is -2.42. The molecule has 1 aromatic rings. The Hall–Kier alpha value is -0.900. The molecule has 3 nitrogen and oxygen atoms in total. The molecule has 0 radical (unpaired) electrons. The Labute approximate surface area is 110 Å². The van der Waals surface area contributed by atoms with Gasteiger partial charge in [0.05, 0.1) is 5.60 Å². The molecule has 0 bridgehead atoms. The van der Waals surface area contributed by atoms with Gasteiger partial charge in [0.25, 0.3) is 0 Å². The van der Waals surface area contributed by atoms with Crippen LogP contribution in [0.4, 0.5) is 0 Å². The minimum atomic E-state index is 0.0703. The topological polar surface area (TPSA) is 47.3 Å². The van der Waals surface area contributed by atoms with Crippen molar-refractivity contribution in [3.63, 3.8) is 0 Å². The van der Waals surface area contributed by atoms with Crippen molar-refractivity contribution in [1.29, 1.82) is 0 Å². The van der Waals surface area contributed by atoms with Crippen LogP contribution in [0.5, 0.6) is 0 Å². The van der Waals surface area contributed by atoms with Crippen LogP contribution in [-0.2, 0) is 11.2 Å². The van der Waals surface area contributed by atoms with E-state index in [1.165, 1.54) is 17.5 Å². The fourth-order valence-electron chi connectivity index (χ4n) is 2.83. The third-order valence-electron chi connectivity index (χ3n) is 4.12. The number of methoxy groups -OCH3 is 1. The van der Waals surface area contributed by atoms with E-state index < -0.39 is 0 Å². The second-order valence-corrected chi connectivity index (χ2v) is 5.50. The van der Waals surface area contributed by atoms with Crippen LogP contribution in [0.15, 0.2) is 24.3 Å². The molecule has 3 heteroatoms. The van der Waals surface area contributed by atoms with Crippen molar-refractivity contribution in [3.05, 3.63) is 35.4 Å². The van der Waals surface area contributed by atoms with E-state index in [4.69, 9.17) is 10.6 Å². The van der Waals surface area contributed by atoms with Crippen LogP contribution >= 0.6 is 0 Å². The molecule has 1 aliphatic carbocycles. The zero-order chi connectivity index (χ0) is 13.0. The Morgan fingerprint density at radius 2 is 2.22 bits per heavy atom. The first kappa shape index (κ1) is 13.5. The van der Waals surface area contributed by atoms with Gasteiger partial charge in [-0.15, -0.1) is 0 Å². The van der Waals surface area contributed by atoms with E-state index in [0.29, 0.717) is 0 Å². The third kappa shape index (κ3) is 3.10. The molecule has 1 saturated carbocycles. The summed E-state index contributed by atoms with van der Waals surface area (Å²) in [6.45, 7) is 2.12. The first-order chi connectivity index (χ1) is 8.67. The highest BCUT2D eigenvalue weighted by Crippen LogP contribution is 2.39. The molecule has 2 rings (SSSR count). The summed E-state index contributed by atoms with van der Waals surface area (Å²) in [6.07, 6.45) is 5.55. The van der Waals surface area contributed by atoms with Crippen LogP contribution in [0.2, 0.25) is 0 Å². The smallest absolute Gasteiger partial charge is 0.0694 e. The Morgan fingerprint density at radius 3 is 2.72 bits per heavy atom. The van der Waals surface area contributed by atoms with Crippen LogP contribution < -0.4 is 11.3 Å². The van der Waals surface area contributed by atoms with Gasteiger partial charge in [-0.3, -0.25) is 11.3 Å². The maximum absolute atomic E-state index is 5.69. The molecule has 100 valence electrons. The van der Waals surface area contributed by atoms with Gasteiger partial charge in [0.15, 0.2) is 0 Å². The second-order valence-electron chi connectivity index (χ2n) is 5.50. The van der Waals surface area contributed by atoms with Crippen molar-refractivity contribution in [2.24, 2.45) is 5.84 Å². The van der Waals surface area contributed by atoms with Gasteiger partial charge in [-0.1, -0.05) is 29.8 Å². The molecular formula is C15H24N2O. The number of hydrazine groups is 1. The van der Waals surface area contributed by atoms with Crippen molar-refractivity contribution in [1.82, 2.24) is 5.43 Å². The number of nitrogens with one attached hydrogen (secondary N) is 1. The van der Waals surface area contributed by atoms with Crippen LogP contribution in [-0.4, -0.2) is 18.8 Å². The summed E-state index contributed by atoms with van der Waals surface area (Å²) >= 11 is 0. The highest BCUT2D eigenvalue weighted by molar-refractivity contribution is 5.23. The summed E-state index contributed by atoms with van der Waals surface area (Å²) in [5.41, 5.74) is 5.65. The summed E-state index contributed by atoms with van der Waals surface area (Å²) in [5, 5.41) is 0. The highest BCUT2D eigenvalue weighted by atomic mass is 16.5. The van der Waals surface area contributed by atoms with E-state index >= 15 is 0 Å². The van der Waals surface area contributed by atoms with Gasteiger partial charge >= 0.3 is 0 Å². The van der Waals surface area contributed by atoms with E-state index in [1.54, 1.807) is 0 Å². The Kier molecular flexibility index (Phi) is 4.38. The number of aryl methyl sites for hydroxylation is 1. The van der Waals surface area contributed by atoms with Gasteiger partial charge in [0.2, 0.25) is 0 Å². The van der Waals surface area contributed by atoms with E-state index in [-0.39, 0.29) is 11.6 Å². The number of nitrogens with two attached hydrogens (primary N) is 1. The lowest BCUT2D eigenvalue weighted by atomic mass is 9.75. The quantitative estimate of drug-likeness (QED) is 0.600. The van der Waals surface area contributed by atoms with Crippen LogP contribution in [0.3, 0.4) is 0 Å². The monoisotopic (exact) mass is 248 g/mol. The molecule has 1 aliphatic rings. The molecule has 3 N–H and O–H groups in total. The Bertz CT molecular complexity index is 382. The number of ether oxygens (including phenoxy) is 1. The minimum Gasteiger partial charge on any atom is -0.378 e. The SMILES string of the molecule is COC1(CC(Cc2cccc(C)c2)NN)CCC1. The fourth-order valence-corrected chi connectivity index (χ4v) is 2.83. The molecule has 0 amide bonds. The Balaban J connectivity index is 1.97. The van der Waals surface area contributed by atoms with Crippen molar-refractivity contribution in [2.75, 3.05) is 7.11 Å². The molecule has 1 aromatic carbocycles.